The molecule has 0 unspecified atom stereocenters. The van der Waals surface area contributed by atoms with Crippen molar-refractivity contribution in [3.63, 3.8) is 0 Å². The van der Waals surface area contributed by atoms with E-state index in [1.54, 1.807) is 0 Å². The van der Waals surface area contributed by atoms with Crippen molar-refractivity contribution in [1.82, 2.24) is 0 Å². The highest BCUT2D eigenvalue weighted by molar-refractivity contribution is 6.18. The van der Waals surface area contributed by atoms with E-state index in [2.05, 4.69) is 229 Å². The topological polar surface area (TPSA) is 29.5 Å². The summed E-state index contributed by atoms with van der Waals surface area (Å²) in [7, 11) is 0. The highest BCUT2D eigenvalue weighted by Crippen LogP contribution is 2.64. The number of fused-ring (bicyclic) bond motifs is 16. The second kappa shape index (κ2) is 13.3. The summed E-state index contributed by atoms with van der Waals surface area (Å²) in [5.74, 6) is 0. The third-order valence-corrected chi connectivity index (χ3v) is 13.9. The fraction of sp³-hybridized carbons (Fsp3) is 0.0164. The average Bonchev–Trinajstić information content (AvgIpc) is 4.09. The van der Waals surface area contributed by atoms with E-state index in [0.717, 1.165) is 72.1 Å². The van der Waals surface area contributed by atoms with Gasteiger partial charge in [-0.15, -0.1) is 0 Å². The molecule has 0 saturated carbocycles. The van der Waals surface area contributed by atoms with Gasteiger partial charge in [-0.2, -0.15) is 0 Å². The predicted octanol–water partition coefficient (Wildman–Crippen LogP) is 16.6. The van der Waals surface area contributed by atoms with Gasteiger partial charge in [0.05, 0.1) is 11.1 Å². The second-order valence-corrected chi connectivity index (χ2v) is 17.1. The molecule has 10 aromatic carbocycles. The molecular formula is C61H37NO2. The first-order chi connectivity index (χ1) is 31.7. The van der Waals surface area contributed by atoms with Gasteiger partial charge in [0, 0.05) is 44.5 Å². The molecule has 3 nitrogen and oxygen atoms in total. The van der Waals surface area contributed by atoms with Crippen molar-refractivity contribution >= 4 is 60.9 Å². The number of anilines is 3. The summed E-state index contributed by atoms with van der Waals surface area (Å²) in [6, 6.07) is 81.4. The molecule has 0 amide bonds. The van der Waals surface area contributed by atoms with Crippen LogP contribution in [-0.2, 0) is 5.41 Å². The van der Waals surface area contributed by atoms with Gasteiger partial charge >= 0.3 is 0 Å². The van der Waals surface area contributed by atoms with Crippen LogP contribution in [0.3, 0.4) is 0 Å². The lowest BCUT2D eigenvalue weighted by molar-refractivity contribution is 0.664. The second-order valence-electron chi connectivity index (χ2n) is 17.1. The minimum absolute atomic E-state index is 0.456. The molecule has 0 atom stereocenters. The van der Waals surface area contributed by atoms with Gasteiger partial charge in [0.1, 0.15) is 22.3 Å². The highest BCUT2D eigenvalue weighted by Gasteiger charge is 2.52. The number of rotatable bonds is 5. The first-order valence-electron chi connectivity index (χ1n) is 22.0. The molecular weight excluding hydrogens is 779 g/mol. The molecule has 0 saturated heterocycles. The van der Waals surface area contributed by atoms with Gasteiger partial charge in [-0.25, -0.2) is 0 Å². The van der Waals surface area contributed by atoms with Crippen LogP contribution in [0.1, 0.15) is 22.3 Å². The Labute approximate surface area is 369 Å². The summed E-state index contributed by atoms with van der Waals surface area (Å²) in [5, 5.41) is 4.22. The van der Waals surface area contributed by atoms with E-state index < -0.39 is 5.41 Å². The Morgan fingerprint density at radius 3 is 1.56 bits per heavy atom. The standard InChI is InChI=1S/C61H37NO2/c1-3-15-38(16-4-1)39-29-31-41(32-30-39)62(54-27-14-26-53-60(54)47-21-9-12-25-52(47)61(53)50-23-10-7-19-44(50)45-20-8-11-24-51(45)61)42-33-34-46-48-36-58-49(37-57(48)64-56(46)35-42)59-43(22-13-28-55(59)63-58)40-17-5-2-6-18-40/h1-37H. The zero-order valence-corrected chi connectivity index (χ0v) is 34.6. The van der Waals surface area contributed by atoms with Crippen LogP contribution in [0.15, 0.2) is 233 Å². The highest BCUT2D eigenvalue weighted by atomic mass is 16.3. The van der Waals surface area contributed by atoms with Gasteiger partial charge in [0.2, 0.25) is 0 Å². The monoisotopic (exact) mass is 815 g/mol. The van der Waals surface area contributed by atoms with Crippen LogP contribution in [-0.4, -0.2) is 0 Å². The lowest BCUT2D eigenvalue weighted by Crippen LogP contribution is -2.26. The van der Waals surface area contributed by atoms with Gasteiger partial charge in [-0.3, -0.25) is 0 Å². The first-order valence-corrected chi connectivity index (χ1v) is 22.0. The van der Waals surface area contributed by atoms with E-state index in [1.807, 2.05) is 0 Å². The fourth-order valence-electron chi connectivity index (χ4n) is 11.3. The maximum absolute atomic E-state index is 6.90. The van der Waals surface area contributed by atoms with Crippen molar-refractivity contribution in [2.45, 2.75) is 5.41 Å². The van der Waals surface area contributed by atoms with Crippen LogP contribution >= 0.6 is 0 Å². The number of nitrogens with zero attached hydrogens (tertiary/aromatic N) is 1. The number of benzene rings is 10. The first kappa shape index (κ1) is 35.2. The van der Waals surface area contributed by atoms with E-state index in [1.165, 1.54) is 55.6 Å². The number of hydrogen-bond acceptors (Lipinski definition) is 3. The summed E-state index contributed by atoms with van der Waals surface area (Å²) >= 11 is 0. The van der Waals surface area contributed by atoms with Crippen LogP contribution in [0.25, 0.3) is 88.4 Å². The summed E-state index contributed by atoms with van der Waals surface area (Å²) in [4.78, 5) is 2.42. The van der Waals surface area contributed by atoms with Gasteiger partial charge in [-0.1, -0.05) is 170 Å². The van der Waals surface area contributed by atoms with E-state index >= 15 is 0 Å². The van der Waals surface area contributed by atoms with E-state index in [4.69, 9.17) is 8.83 Å². The Bertz CT molecular complexity index is 3790. The average molecular weight is 816 g/mol. The number of hydrogen-bond donors (Lipinski definition) is 0. The van der Waals surface area contributed by atoms with Crippen molar-refractivity contribution in [3.05, 3.63) is 247 Å². The van der Waals surface area contributed by atoms with Crippen molar-refractivity contribution < 1.29 is 8.83 Å². The van der Waals surface area contributed by atoms with Crippen LogP contribution in [0.4, 0.5) is 17.1 Å². The third-order valence-electron chi connectivity index (χ3n) is 13.9. The molecule has 0 fully saturated rings. The quantitative estimate of drug-likeness (QED) is 0.173. The lowest BCUT2D eigenvalue weighted by Gasteiger charge is -2.31. The summed E-state index contributed by atoms with van der Waals surface area (Å²) in [5.41, 5.74) is 21.1. The van der Waals surface area contributed by atoms with Gasteiger partial charge in [0.25, 0.3) is 0 Å². The Balaban J connectivity index is 0.994. The Hall–Kier alpha value is -8.40. The number of furan rings is 2. The molecule has 298 valence electrons. The molecule has 12 aromatic rings. The molecule has 64 heavy (non-hydrogen) atoms. The maximum atomic E-state index is 6.90. The van der Waals surface area contributed by atoms with Gasteiger partial charge in [0.15, 0.2) is 0 Å². The summed E-state index contributed by atoms with van der Waals surface area (Å²) in [6.45, 7) is 0. The predicted molar refractivity (Wildman–Crippen MR) is 263 cm³/mol. The van der Waals surface area contributed by atoms with Crippen LogP contribution in [0.2, 0.25) is 0 Å². The van der Waals surface area contributed by atoms with Gasteiger partial charge < -0.3 is 13.7 Å². The van der Waals surface area contributed by atoms with Gasteiger partial charge in [-0.05, 0) is 110 Å². The molecule has 2 aliphatic rings. The fourth-order valence-corrected chi connectivity index (χ4v) is 11.3. The zero-order valence-electron chi connectivity index (χ0n) is 34.6. The van der Waals surface area contributed by atoms with Crippen LogP contribution < -0.4 is 4.90 Å². The summed E-state index contributed by atoms with van der Waals surface area (Å²) < 4.78 is 13.5. The van der Waals surface area contributed by atoms with Crippen LogP contribution in [0.5, 0.6) is 0 Å². The molecule has 1 spiro atoms. The maximum Gasteiger partial charge on any atom is 0.137 e. The molecule has 14 rings (SSSR count). The molecule has 2 aliphatic carbocycles. The zero-order chi connectivity index (χ0) is 41.9. The largest absolute Gasteiger partial charge is 0.456 e. The minimum Gasteiger partial charge on any atom is -0.456 e. The lowest BCUT2D eigenvalue weighted by atomic mass is 9.70. The normalized spacial score (nSPS) is 13.1. The van der Waals surface area contributed by atoms with Crippen molar-refractivity contribution in [1.29, 1.82) is 0 Å². The Morgan fingerprint density at radius 1 is 0.312 bits per heavy atom. The third kappa shape index (κ3) is 4.81. The van der Waals surface area contributed by atoms with Crippen molar-refractivity contribution in [2.24, 2.45) is 0 Å². The smallest absolute Gasteiger partial charge is 0.137 e. The molecule has 0 N–H and O–H groups in total. The Morgan fingerprint density at radius 2 is 0.828 bits per heavy atom. The summed E-state index contributed by atoms with van der Waals surface area (Å²) in [6.07, 6.45) is 0. The SMILES string of the molecule is c1ccc(-c2ccc(N(c3ccc4c(c3)oc3cc5c(cc34)oc3cccc(-c4ccccc4)c35)c3cccc4c3-c3ccccc3C43c4ccccc4-c4ccccc43)cc2)cc1. The molecule has 2 aromatic heterocycles. The van der Waals surface area contributed by atoms with Crippen molar-refractivity contribution in [2.75, 3.05) is 4.90 Å². The molecule has 0 bridgehead atoms. The van der Waals surface area contributed by atoms with E-state index in [9.17, 15) is 0 Å². The molecule has 3 heteroatoms. The Kier molecular flexibility index (Phi) is 7.32. The van der Waals surface area contributed by atoms with E-state index in [-0.39, 0.29) is 0 Å². The van der Waals surface area contributed by atoms with E-state index in [0.29, 0.717) is 0 Å². The molecule has 0 radical (unpaired) electrons. The molecule has 0 aliphatic heterocycles. The van der Waals surface area contributed by atoms with Crippen molar-refractivity contribution in [3.8, 4) is 44.5 Å². The minimum atomic E-state index is -0.456. The van der Waals surface area contributed by atoms with Crippen LogP contribution in [0, 0.1) is 0 Å². The molecule has 2 heterocycles.